The molecule has 1 aromatic heterocycles. The molecule has 2 aliphatic heterocycles. The van der Waals surface area contributed by atoms with Crippen LogP contribution in [-0.4, -0.2) is 40.1 Å². The van der Waals surface area contributed by atoms with E-state index in [0.29, 0.717) is 5.11 Å². The lowest BCUT2D eigenvalue weighted by Gasteiger charge is -2.30. The summed E-state index contributed by atoms with van der Waals surface area (Å²) in [6, 6.07) is 17.6. The van der Waals surface area contributed by atoms with Gasteiger partial charge in [-0.1, -0.05) is 53.8 Å². The SMILES string of the molecule is COc1ccc([C@H]2NC(=S)N=C3[C@H]2N=C(c2ccccc2)N3c2nnc(C)s2)cc1. The highest BCUT2D eigenvalue weighted by molar-refractivity contribution is 7.80. The number of rotatable bonds is 4. The third-order valence-corrected chi connectivity index (χ3v) is 6.02. The number of amidine groups is 2. The molecule has 7 nitrogen and oxygen atoms in total. The van der Waals surface area contributed by atoms with Crippen LogP contribution in [0, 0.1) is 6.92 Å². The van der Waals surface area contributed by atoms with Gasteiger partial charge in [-0.05, 0) is 36.8 Å². The number of anilines is 1. The molecular formula is C21H18N6OS2. The Bertz CT molecular complexity index is 1160. The Labute approximate surface area is 183 Å². The van der Waals surface area contributed by atoms with Gasteiger partial charge >= 0.3 is 0 Å². The third kappa shape index (κ3) is 3.25. The van der Waals surface area contributed by atoms with Crippen molar-refractivity contribution in [2.24, 2.45) is 9.98 Å². The quantitative estimate of drug-likeness (QED) is 0.634. The summed E-state index contributed by atoms with van der Waals surface area (Å²) in [6.45, 7) is 1.93. The van der Waals surface area contributed by atoms with Crippen LogP contribution in [0.3, 0.4) is 0 Å². The first-order chi connectivity index (χ1) is 14.6. The Kier molecular flexibility index (Phi) is 4.76. The third-order valence-electron chi connectivity index (χ3n) is 4.99. The second kappa shape index (κ2) is 7.58. The molecule has 1 N–H and O–H groups in total. The van der Waals surface area contributed by atoms with Crippen molar-refractivity contribution in [3.8, 4) is 5.75 Å². The van der Waals surface area contributed by atoms with Crippen molar-refractivity contribution in [2.75, 3.05) is 12.0 Å². The zero-order valence-electron chi connectivity index (χ0n) is 16.3. The highest BCUT2D eigenvalue weighted by Gasteiger charge is 2.43. The fraction of sp³-hybridized carbons (Fsp3) is 0.190. The molecule has 5 rings (SSSR count). The van der Waals surface area contributed by atoms with E-state index < -0.39 is 0 Å². The fourth-order valence-electron chi connectivity index (χ4n) is 3.61. The summed E-state index contributed by atoms with van der Waals surface area (Å²) in [5.41, 5.74) is 2.05. The van der Waals surface area contributed by atoms with Gasteiger partial charge in [0.15, 0.2) is 5.11 Å². The van der Waals surface area contributed by atoms with Crippen molar-refractivity contribution in [1.82, 2.24) is 15.5 Å². The first kappa shape index (κ1) is 18.8. The number of benzene rings is 2. The Morgan fingerprint density at radius 1 is 1.07 bits per heavy atom. The van der Waals surface area contributed by atoms with Crippen molar-refractivity contribution < 1.29 is 4.74 Å². The van der Waals surface area contributed by atoms with E-state index in [1.165, 1.54) is 11.3 Å². The largest absolute Gasteiger partial charge is 0.497 e. The lowest BCUT2D eigenvalue weighted by atomic mass is 9.98. The summed E-state index contributed by atoms with van der Waals surface area (Å²) in [7, 11) is 1.66. The summed E-state index contributed by atoms with van der Waals surface area (Å²) < 4.78 is 5.30. The van der Waals surface area contributed by atoms with E-state index in [1.807, 2.05) is 66.4 Å². The summed E-state index contributed by atoms with van der Waals surface area (Å²) in [6.07, 6.45) is 0. The van der Waals surface area contributed by atoms with Crippen LogP contribution >= 0.6 is 23.6 Å². The maximum atomic E-state index is 5.49. The molecule has 0 spiro atoms. The van der Waals surface area contributed by atoms with E-state index in [1.54, 1.807) is 7.11 Å². The molecule has 0 amide bonds. The molecule has 0 unspecified atom stereocenters. The Morgan fingerprint density at radius 2 is 1.83 bits per heavy atom. The maximum absolute atomic E-state index is 5.49. The Hall–Kier alpha value is -3.17. The van der Waals surface area contributed by atoms with Crippen LogP contribution in [0.25, 0.3) is 0 Å². The predicted molar refractivity (Wildman–Crippen MR) is 123 cm³/mol. The van der Waals surface area contributed by atoms with Gasteiger partial charge in [0.2, 0.25) is 5.13 Å². The first-order valence-corrected chi connectivity index (χ1v) is 10.6. The van der Waals surface area contributed by atoms with Crippen LogP contribution in [0.2, 0.25) is 0 Å². The maximum Gasteiger partial charge on any atom is 0.219 e. The molecule has 2 aliphatic rings. The fourth-order valence-corrected chi connectivity index (χ4v) is 4.53. The van der Waals surface area contributed by atoms with Crippen molar-refractivity contribution in [2.45, 2.75) is 19.0 Å². The van der Waals surface area contributed by atoms with Gasteiger partial charge in [0, 0.05) is 5.56 Å². The molecule has 0 saturated carbocycles. The standard InChI is InChI=1S/C21H18N6OS2/c1-12-25-26-21(30-12)27-18(14-6-4-3-5-7-14)22-17-16(23-20(29)24-19(17)27)13-8-10-15(28-2)11-9-13/h3-11,16-17H,1-2H3,(H,23,29)/t16-,17+/m1/s1. The number of thiocarbonyl (C=S) groups is 1. The molecule has 3 aromatic rings. The number of ether oxygens (including phenoxy) is 1. The van der Waals surface area contributed by atoms with Gasteiger partial charge in [-0.2, -0.15) is 0 Å². The average molecular weight is 435 g/mol. The van der Waals surface area contributed by atoms with Crippen LogP contribution in [0.4, 0.5) is 5.13 Å². The van der Waals surface area contributed by atoms with E-state index in [9.17, 15) is 0 Å². The molecule has 150 valence electrons. The van der Waals surface area contributed by atoms with Gasteiger partial charge in [0.25, 0.3) is 0 Å². The summed E-state index contributed by atoms with van der Waals surface area (Å²) in [4.78, 5) is 11.7. The molecule has 2 atom stereocenters. The van der Waals surface area contributed by atoms with Crippen molar-refractivity contribution >= 4 is 45.5 Å². The topological polar surface area (TPSA) is 75.0 Å². The number of methoxy groups -OCH3 is 1. The van der Waals surface area contributed by atoms with Gasteiger partial charge in [0.1, 0.15) is 28.5 Å². The van der Waals surface area contributed by atoms with Gasteiger partial charge in [-0.3, -0.25) is 9.89 Å². The number of nitrogens with one attached hydrogen (secondary N) is 1. The normalized spacial score (nSPS) is 20.3. The smallest absolute Gasteiger partial charge is 0.219 e. The Morgan fingerprint density at radius 3 is 2.50 bits per heavy atom. The molecule has 0 radical (unpaired) electrons. The molecule has 3 heterocycles. The van der Waals surface area contributed by atoms with Gasteiger partial charge in [-0.25, -0.2) is 4.99 Å². The average Bonchev–Trinajstić information content (AvgIpc) is 3.37. The minimum Gasteiger partial charge on any atom is -0.497 e. The number of hydrogen-bond acceptors (Lipinski definition) is 7. The van der Waals surface area contributed by atoms with Crippen molar-refractivity contribution in [3.63, 3.8) is 0 Å². The number of hydrogen-bond donors (Lipinski definition) is 1. The Balaban J connectivity index is 1.63. The molecule has 0 fully saturated rings. The minimum absolute atomic E-state index is 0.145. The van der Waals surface area contributed by atoms with Crippen molar-refractivity contribution in [1.29, 1.82) is 0 Å². The molecule has 9 heteroatoms. The highest BCUT2D eigenvalue weighted by Crippen LogP contribution is 2.35. The highest BCUT2D eigenvalue weighted by atomic mass is 32.1. The molecule has 2 aromatic carbocycles. The van der Waals surface area contributed by atoms with Crippen LogP contribution in [0.5, 0.6) is 5.75 Å². The summed E-state index contributed by atoms with van der Waals surface area (Å²) >= 11 is 6.99. The zero-order valence-corrected chi connectivity index (χ0v) is 17.9. The number of nitrogens with zero attached hydrogens (tertiary/aromatic N) is 5. The summed E-state index contributed by atoms with van der Waals surface area (Å²) in [5.74, 6) is 2.35. The van der Waals surface area contributed by atoms with Crippen LogP contribution in [-0.2, 0) is 0 Å². The number of fused-ring (bicyclic) bond motifs is 1. The van der Waals surface area contributed by atoms with Crippen LogP contribution in [0.15, 0.2) is 64.6 Å². The molecule has 0 bridgehead atoms. The van der Waals surface area contributed by atoms with Gasteiger partial charge in [-0.15, -0.1) is 10.2 Å². The monoisotopic (exact) mass is 434 g/mol. The second-order valence-corrected chi connectivity index (χ2v) is 8.42. The van der Waals surface area contributed by atoms with Crippen LogP contribution in [0.1, 0.15) is 22.2 Å². The first-order valence-electron chi connectivity index (χ1n) is 9.40. The van der Waals surface area contributed by atoms with E-state index in [0.717, 1.165) is 38.7 Å². The zero-order chi connectivity index (χ0) is 20.7. The van der Waals surface area contributed by atoms with E-state index in [-0.39, 0.29) is 12.1 Å². The lowest BCUT2D eigenvalue weighted by Crippen LogP contribution is -2.47. The molecule has 30 heavy (non-hydrogen) atoms. The minimum atomic E-state index is -0.246. The van der Waals surface area contributed by atoms with Gasteiger partial charge < -0.3 is 10.1 Å². The predicted octanol–water partition coefficient (Wildman–Crippen LogP) is 3.52. The van der Waals surface area contributed by atoms with E-state index >= 15 is 0 Å². The molecular weight excluding hydrogens is 416 g/mol. The van der Waals surface area contributed by atoms with Crippen LogP contribution < -0.4 is 15.0 Å². The lowest BCUT2D eigenvalue weighted by molar-refractivity contribution is 0.414. The second-order valence-electron chi connectivity index (χ2n) is 6.87. The number of aromatic nitrogens is 2. The number of aliphatic imine (C=N–C) groups is 2. The summed E-state index contributed by atoms with van der Waals surface area (Å²) in [5, 5.41) is 13.9. The molecule has 0 aliphatic carbocycles. The van der Waals surface area contributed by atoms with Crippen molar-refractivity contribution in [3.05, 3.63) is 70.7 Å². The van der Waals surface area contributed by atoms with E-state index in [4.69, 9.17) is 21.9 Å². The number of aryl methyl sites for hydroxylation is 1. The van der Waals surface area contributed by atoms with E-state index in [2.05, 4.69) is 20.5 Å². The molecule has 0 saturated heterocycles. The van der Waals surface area contributed by atoms with Gasteiger partial charge in [0.05, 0.1) is 13.2 Å².